The van der Waals surface area contributed by atoms with Crippen LogP contribution in [0.5, 0.6) is 0 Å². The highest BCUT2D eigenvalue weighted by Gasteiger charge is 2.24. The minimum absolute atomic E-state index is 0.878. The van der Waals surface area contributed by atoms with E-state index in [1.165, 1.54) is 31.0 Å². The van der Waals surface area contributed by atoms with Crippen LogP contribution in [0.15, 0.2) is 30.3 Å². The normalized spacial score (nSPS) is 15.1. The summed E-state index contributed by atoms with van der Waals surface area (Å²) in [5.74, 6) is -0.0218. The summed E-state index contributed by atoms with van der Waals surface area (Å²) in [7, 11) is 0. The summed E-state index contributed by atoms with van der Waals surface area (Å²) in [5.41, 5.74) is 2.21. The van der Waals surface area contributed by atoms with Crippen molar-refractivity contribution in [1.29, 1.82) is 0 Å². The molecule has 1 aliphatic carbocycles. The van der Waals surface area contributed by atoms with Crippen molar-refractivity contribution < 1.29 is 9.90 Å². The molecule has 0 heterocycles. The van der Waals surface area contributed by atoms with Crippen molar-refractivity contribution in [3.05, 3.63) is 41.5 Å². The molecule has 1 N–H and O–H groups in total. The summed E-state index contributed by atoms with van der Waals surface area (Å²) in [5, 5.41) is 8.76. The smallest absolute Gasteiger partial charge is 0.328 e. The first kappa shape index (κ1) is 14.8. The third-order valence-corrected chi connectivity index (χ3v) is 3.61. The topological polar surface area (TPSA) is 40.5 Å². The van der Waals surface area contributed by atoms with Gasteiger partial charge in [-0.15, -0.1) is 0 Å². The maximum atomic E-state index is 10.7. The molecule has 0 aromatic heterocycles. The molecule has 1 saturated carbocycles. The lowest BCUT2D eigenvalue weighted by Crippen LogP contribution is -2.26. The molecule has 0 bridgehead atoms. The van der Waals surface area contributed by atoms with Crippen molar-refractivity contribution in [2.75, 3.05) is 13.1 Å². The van der Waals surface area contributed by atoms with Gasteiger partial charge in [-0.2, -0.15) is 0 Å². The zero-order valence-electron chi connectivity index (χ0n) is 12.1. The van der Waals surface area contributed by atoms with Gasteiger partial charge in [0, 0.05) is 19.2 Å². The van der Waals surface area contributed by atoms with Gasteiger partial charge in [0.1, 0.15) is 0 Å². The van der Waals surface area contributed by atoms with Crippen LogP contribution < -0.4 is 0 Å². The van der Waals surface area contributed by atoms with Gasteiger partial charge in [-0.05, 0) is 48.9 Å². The number of benzene rings is 1. The first-order chi connectivity index (χ1) is 9.69. The summed E-state index contributed by atoms with van der Waals surface area (Å²) >= 11 is 0. The van der Waals surface area contributed by atoms with Crippen LogP contribution in [0.1, 0.15) is 37.3 Å². The van der Waals surface area contributed by atoms with Crippen LogP contribution in [-0.2, 0) is 11.3 Å². The van der Waals surface area contributed by atoms with Gasteiger partial charge in [-0.25, -0.2) is 4.79 Å². The summed E-state index contributed by atoms with van der Waals surface area (Å²) in [6, 6.07) is 8.05. The Morgan fingerprint density at radius 2 is 2.15 bits per heavy atom. The number of nitrogens with zero attached hydrogens (tertiary/aromatic N) is 1. The largest absolute Gasteiger partial charge is 0.478 e. The fourth-order valence-corrected chi connectivity index (χ4v) is 2.46. The maximum Gasteiger partial charge on any atom is 0.328 e. The highest BCUT2D eigenvalue weighted by Crippen LogP contribution is 2.30. The van der Waals surface area contributed by atoms with E-state index in [4.69, 9.17) is 5.11 Å². The average Bonchev–Trinajstić information content (AvgIpc) is 3.22. The third-order valence-electron chi connectivity index (χ3n) is 3.61. The molecule has 1 fully saturated rings. The van der Waals surface area contributed by atoms with Crippen molar-refractivity contribution in [3.8, 4) is 0 Å². The molecule has 3 nitrogen and oxygen atoms in total. The van der Waals surface area contributed by atoms with Crippen LogP contribution in [0, 0.1) is 5.92 Å². The second-order valence-corrected chi connectivity index (χ2v) is 5.55. The van der Waals surface area contributed by atoms with E-state index in [-0.39, 0.29) is 0 Å². The van der Waals surface area contributed by atoms with E-state index >= 15 is 0 Å². The lowest BCUT2D eigenvalue weighted by atomic mass is 10.1. The van der Waals surface area contributed by atoms with E-state index in [1.807, 2.05) is 18.2 Å². The zero-order chi connectivity index (χ0) is 14.4. The summed E-state index contributed by atoms with van der Waals surface area (Å²) in [6.07, 6.45) is 6.78. The Morgan fingerprint density at radius 3 is 2.80 bits per heavy atom. The van der Waals surface area contributed by atoms with Gasteiger partial charge in [0.2, 0.25) is 0 Å². The maximum absolute atomic E-state index is 10.7. The predicted molar refractivity (Wildman–Crippen MR) is 81.4 cm³/mol. The Morgan fingerprint density at radius 1 is 1.40 bits per heavy atom. The molecule has 1 aromatic carbocycles. The Bertz CT molecular complexity index is 478. The molecule has 0 unspecified atom stereocenters. The van der Waals surface area contributed by atoms with E-state index in [2.05, 4.69) is 17.9 Å². The molecular weight excluding hydrogens is 250 g/mol. The second-order valence-electron chi connectivity index (χ2n) is 5.55. The quantitative estimate of drug-likeness (QED) is 0.738. The Labute approximate surface area is 120 Å². The molecule has 108 valence electrons. The van der Waals surface area contributed by atoms with Crippen molar-refractivity contribution in [2.24, 2.45) is 5.92 Å². The SMILES string of the molecule is CCCN(Cc1ccccc1C=CC(=O)O)CC1CC1. The number of hydrogen-bond acceptors (Lipinski definition) is 2. The van der Waals surface area contributed by atoms with E-state index in [0.717, 1.165) is 31.0 Å². The number of aliphatic carboxylic acids is 1. The van der Waals surface area contributed by atoms with Gasteiger partial charge in [-0.1, -0.05) is 31.2 Å². The van der Waals surface area contributed by atoms with E-state index in [1.54, 1.807) is 6.08 Å². The van der Waals surface area contributed by atoms with Crippen LogP contribution in [0.25, 0.3) is 6.08 Å². The van der Waals surface area contributed by atoms with Crippen LogP contribution in [0.3, 0.4) is 0 Å². The Kier molecular flexibility index (Phi) is 5.36. The van der Waals surface area contributed by atoms with Gasteiger partial charge < -0.3 is 5.11 Å². The number of hydrogen-bond donors (Lipinski definition) is 1. The standard InChI is InChI=1S/C17H23NO2/c1-2-11-18(12-14-7-8-14)13-16-6-4-3-5-15(16)9-10-17(19)20/h3-6,9-10,14H,2,7-8,11-13H2,1H3,(H,19,20). The molecule has 20 heavy (non-hydrogen) atoms. The van der Waals surface area contributed by atoms with Gasteiger partial charge in [0.25, 0.3) is 0 Å². The molecule has 3 heteroatoms. The Balaban J connectivity index is 2.07. The lowest BCUT2D eigenvalue weighted by Gasteiger charge is -2.22. The Hall–Kier alpha value is -1.61. The number of carboxylic acids is 1. The van der Waals surface area contributed by atoms with Crippen LogP contribution in [0.4, 0.5) is 0 Å². The molecule has 1 aromatic rings. The lowest BCUT2D eigenvalue weighted by molar-refractivity contribution is -0.131. The van der Waals surface area contributed by atoms with Gasteiger partial charge in [0.05, 0.1) is 0 Å². The van der Waals surface area contributed by atoms with Crippen molar-refractivity contribution >= 4 is 12.0 Å². The molecule has 0 radical (unpaired) electrons. The van der Waals surface area contributed by atoms with Crippen molar-refractivity contribution in [2.45, 2.75) is 32.7 Å². The summed E-state index contributed by atoms with van der Waals surface area (Å²) in [4.78, 5) is 13.2. The number of carboxylic acid groups (broad SMARTS) is 1. The molecular formula is C17H23NO2. The van der Waals surface area contributed by atoms with Gasteiger partial charge >= 0.3 is 5.97 Å². The van der Waals surface area contributed by atoms with Crippen LogP contribution in [0.2, 0.25) is 0 Å². The zero-order valence-corrected chi connectivity index (χ0v) is 12.1. The third kappa shape index (κ3) is 4.82. The molecule has 0 atom stereocenters. The average molecular weight is 273 g/mol. The van der Waals surface area contributed by atoms with Crippen molar-refractivity contribution in [1.82, 2.24) is 4.90 Å². The molecule has 0 amide bonds. The molecule has 0 saturated heterocycles. The first-order valence-electron chi connectivity index (χ1n) is 7.40. The highest BCUT2D eigenvalue weighted by molar-refractivity contribution is 5.85. The monoisotopic (exact) mass is 273 g/mol. The fourth-order valence-electron chi connectivity index (χ4n) is 2.46. The molecule has 1 aliphatic rings. The predicted octanol–water partition coefficient (Wildman–Crippen LogP) is 3.41. The summed E-state index contributed by atoms with van der Waals surface area (Å²) in [6.45, 7) is 5.39. The molecule has 2 rings (SSSR count). The highest BCUT2D eigenvalue weighted by atomic mass is 16.4. The van der Waals surface area contributed by atoms with E-state index < -0.39 is 5.97 Å². The van der Waals surface area contributed by atoms with Gasteiger partial charge in [0.15, 0.2) is 0 Å². The fraction of sp³-hybridized carbons (Fsp3) is 0.471. The van der Waals surface area contributed by atoms with Gasteiger partial charge in [-0.3, -0.25) is 4.90 Å². The summed E-state index contributed by atoms with van der Waals surface area (Å²) < 4.78 is 0. The minimum atomic E-state index is -0.900. The van der Waals surface area contributed by atoms with Crippen LogP contribution in [-0.4, -0.2) is 29.1 Å². The number of rotatable bonds is 8. The minimum Gasteiger partial charge on any atom is -0.478 e. The molecule has 0 spiro atoms. The first-order valence-corrected chi connectivity index (χ1v) is 7.40. The van der Waals surface area contributed by atoms with E-state index in [0.29, 0.717) is 0 Å². The van der Waals surface area contributed by atoms with Crippen LogP contribution >= 0.6 is 0 Å². The van der Waals surface area contributed by atoms with E-state index in [9.17, 15) is 4.79 Å². The number of carbonyl (C=O) groups is 1. The van der Waals surface area contributed by atoms with Crippen molar-refractivity contribution in [3.63, 3.8) is 0 Å². The molecule has 0 aliphatic heterocycles. The second kappa shape index (κ2) is 7.25.